The summed E-state index contributed by atoms with van der Waals surface area (Å²) in [6, 6.07) is 7.81. The number of hydrogen-bond donors (Lipinski definition) is 2. The van der Waals surface area contributed by atoms with E-state index in [1.165, 1.54) is 18.2 Å². The number of rotatable bonds is 2. The third-order valence-electron chi connectivity index (χ3n) is 2.89. The van der Waals surface area contributed by atoms with E-state index in [0.717, 1.165) is 0 Å². The topological polar surface area (TPSA) is 80.4 Å². The van der Waals surface area contributed by atoms with Crippen LogP contribution in [0.1, 0.15) is 10.5 Å². The number of anilines is 1. The van der Waals surface area contributed by atoms with Gasteiger partial charge in [-0.3, -0.25) is 9.59 Å². The highest BCUT2D eigenvalue weighted by Crippen LogP contribution is 2.38. The first-order chi connectivity index (χ1) is 10.1. The largest absolute Gasteiger partial charge is 0.486 e. The molecule has 0 aliphatic carbocycles. The zero-order chi connectivity index (χ0) is 14.8. The minimum absolute atomic E-state index is 0.185. The zero-order valence-electron chi connectivity index (χ0n) is 10.8. The fourth-order valence-electron chi connectivity index (χ4n) is 1.93. The Morgan fingerprint density at radius 2 is 1.90 bits per heavy atom. The first kappa shape index (κ1) is 13.7. The minimum Gasteiger partial charge on any atom is -0.486 e. The van der Waals surface area contributed by atoms with Crippen molar-refractivity contribution in [1.29, 1.82) is 0 Å². The van der Waals surface area contributed by atoms with Gasteiger partial charge in [-0.2, -0.15) is 0 Å². The molecule has 1 amide bonds. The lowest BCUT2D eigenvalue weighted by molar-refractivity contribution is 0.102. The standard InChI is InChI=1S/C14H11BrN2O4/c15-8-6-11-12(21-5-4-20-11)7-10(8)17-14(19)9-2-1-3-13(18)16-9/h1-3,6-7H,4-5H2,(H,16,18)(H,17,19). The average molecular weight is 351 g/mol. The van der Waals surface area contributed by atoms with Crippen LogP contribution in [0.3, 0.4) is 0 Å². The van der Waals surface area contributed by atoms with Crippen molar-refractivity contribution in [2.75, 3.05) is 18.5 Å². The van der Waals surface area contributed by atoms with Crippen molar-refractivity contribution in [2.45, 2.75) is 0 Å². The van der Waals surface area contributed by atoms with Gasteiger partial charge in [0.1, 0.15) is 18.9 Å². The third kappa shape index (κ3) is 2.92. The molecule has 0 radical (unpaired) electrons. The van der Waals surface area contributed by atoms with Crippen LogP contribution >= 0.6 is 15.9 Å². The predicted molar refractivity (Wildman–Crippen MR) is 80.1 cm³/mol. The summed E-state index contributed by atoms with van der Waals surface area (Å²) in [5, 5.41) is 2.71. The summed E-state index contributed by atoms with van der Waals surface area (Å²) in [5.74, 6) is 0.783. The molecule has 1 aliphatic heterocycles. The number of nitrogens with one attached hydrogen (secondary N) is 2. The maximum atomic E-state index is 12.1. The molecule has 2 N–H and O–H groups in total. The van der Waals surface area contributed by atoms with Crippen LogP contribution in [-0.4, -0.2) is 24.1 Å². The highest BCUT2D eigenvalue weighted by molar-refractivity contribution is 9.10. The predicted octanol–water partition coefficient (Wildman–Crippen LogP) is 2.16. The van der Waals surface area contributed by atoms with Crippen LogP contribution in [-0.2, 0) is 0 Å². The lowest BCUT2D eigenvalue weighted by Crippen LogP contribution is -2.19. The molecular weight excluding hydrogens is 340 g/mol. The summed E-state index contributed by atoms with van der Waals surface area (Å²) >= 11 is 3.37. The first-order valence-corrected chi connectivity index (χ1v) is 7.02. The van der Waals surface area contributed by atoms with Gasteiger partial charge >= 0.3 is 0 Å². The number of aromatic amines is 1. The van der Waals surface area contributed by atoms with Crippen molar-refractivity contribution in [2.24, 2.45) is 0 Å². The summed E-state index contributed by atoms with van der Waals surface area (Å²) in [6.07, 6.45) is 0. The Kier molecular flexibility index (Phi) is 3.66. The normalized spacial score (nSPS) is 12.8. The Bertz CT molecular complexity index is 757. The third-order valence-corrected chi connectivity index (χ3v) is 3.55. The number of benzene rings is 1. The molecule has 7 heteroatoms. The Balaban J connectivity index is 1.87. The van der Waals surface area contributed by atoms with E-state index >= 15 is 0 Å². The van der Waals surface area contributed by atoms with Crippen LogP contribution in [0, 0.1) is 0 Å². The minimum atomic E-state index is -0.412. The summed E-state index contributed by atoms with van der Waals surface area (Å²) in [7, 11) is 0. The molecule has 0 saturated heterocycles. The molecule has 1 aromatic carbocycles. The Hall–Kier alpha value is -2.28. The second kappa shape index (κ2) is 5.61. The van der Waals surface area contributed by atoms with Crippen molar-refractivity contribution in [1.82, 2.24) is 4.98 Å². The molecule has 21 heavy (non-hydrogen) atoms. The second-order valence-electron chi connectivity index (χ2n) is 4.36. The fourth-order valence-corrected chi connectivity index (χ4v) is 2.35. The number of H-pyrrole nitrogens is 1. The molecule has 108 valence electrons. The average Bonchev–Trinajstić information content (AvgIpc) is 2.48. The molecule has 0 bridgehead atoms. The first-order valence-electron chi connectivity index (χ1n) is 6.23. The van der Waals surface area contributed by atoms with E-state index in [0.29, 0.717) is 34.9 Å². The molecule has 0 unspecified atom stereocenters. The van der Waals surface area contributed by atoms with E-state index in [-0.39, 0.29) is 11.3 Å². The van der Waals surface area contributed by atoms with Gasteiger partial charge < -0.3 is 19.8 Å². The Labute approximate surface area is 128 Å². The van der Waals surface area contributed by atoms with Gasteiger partial charge in [-0.15, -0.1) is 0 Å². The Morgan fingerprint density at radius 3 is 2.62 bits per heavy atom. The van der Waals surface area contributed by atoms with Crippen LogP contribution in [0.25, 0.3) is 0 Å². The van der Waals surface area contributed by atoms with Crippen LogP contribution < -0.4 is 20.3 Å². The second-order valence-corrected chi connectivity index (χ2v) is 5.21. The molecule has 6 nitrogen and oxygen atoms in total. The number of aromatic nitrogens is 1. The molecule has 0 spiro atoms. The van der Waals surface area contributed by atoms with E-state index in [4.69, 9.17) is 9.47 Å². The van der Waals surface area contributed by atoms with Gasteiger partial charge in [0.05, 0.1) is 5.69 Å². The molecule has 2 aromatic rings. The van der Waals surface area contributed by atoms with Gasteiger partial charge in [-0.1, -0.05) is 6.07 Å². The van der Waals surface area contributed by atoms with Gasteiger partial charge in [-0.25, -0.2) is 0 Å². The summed E-state index contributed by atoms with van der Waals surface area (Å²) in [5.41, 5.74) is 0.391. The number of carbonyl (C=O) groups is 1. The van der Waals surface area contributed by atoms with Crippen molar-refractivity contribution >= 4 is 27.5 Å². The maximum Gasteiger partial charge on any atom is 0.272 e. The van der Waals surface area contributed by atoms with Crippen molar-refractivity contribution in [3.63, 3.8) is 0 Å². The molecule has 1 aliphatic rings. The molecule has 2 heterocycles. The molecule has 3 rings (SSSR count). The molecular formula is C14H11BrN2O4. The quantitative estimate of drug-likeness (QED) is 0.869. The SMILES string of the molecule is O=C(Nc1cc2c(cc1Br)OCCO2)c1cccc(=O)[nH]1. The van der Waals surface area contributed by atoms with Gasteiger partial charge in [0, 0.05) is 22.7 Å². The Morgan fingerprint density at radius 1 is 1.19 bits per heavy atom. The van der Waals surface area contributed by atoms with E-state index in [1.54, 1.807) is 12.1 Å². The highest BCUT2D eigenvalue weighted by Gasteiger charge is 2.16. The van der Waals surface area contributed by atoms with Crippen LogP contribution in [0.2, 0.25) is 0 Å². The highest BCUT2D eigenvalue weighted by atomic mass is 79.9. The van der Waals surface area contributed by atoms with E-state index in [2.05, 4.69) is 26.2 Å². The van der Waals surface area contributed by atoms with Gasteiger partial charge in [0.25, 0.3) is 5.91 Å². The van der Waals surface area contributed by atoms with Crippen molar-refractivity contribution in [3.05, 3.63) is 50.9 Å². The van der Waals surface area contributed by atoms with Gasteiger partial charge in [-0.05, 0) is 22.0 Å². The lowest BCUT2D eigenvalue weighted by Gasteiger charge is -2.20. The molecule has 0 atom stereocenters. The number of halogens is 1. The van der Waals surface area contributed by atoms with Crippen molar-refractivity contribution < 1.29 is 14.3 Å². The summed E-state index contributed by atoms with van der Waals surface area (Å²) in [6.45, 7) is 0.963. The van der Waals surface area contributed by atoms with Crippen LogP contribution in [0.15, 0.2) is 39.6 Å². The van der Waals surface area contributed by atoms with E-state index < -0.39 is 5.91 Å². The van der Waals surface area contributed by atoms with Gasteiger partial charge in [0.2, 0.25) is 5.56 Å². The number of fused-ring (bicyclic) bond motifs is 1. The molecule has 0 saturated carbocycles. The van der Waals surface area contributed by atoms with Crippen molar-refractivity contribution in [3.8, 4) is 11.5 Å². The lowest BCUT2D eigenvalue weighted by atomic mass is 10.2. The van der Waals surface area contributed by atoms with Gasteiger partial charge in [0.15, 0.2) is 11.5 Å². The smallest absolute Gasteiger partial charge is 0.272 e. The number of amides is 1. The number of carbonyl (C=O) groups excluding carboxylic acids is 1. The summed E-state index contributed by atoms with van der Waals surface area (Å²) in [4.78, 5) is 25.8. The monoisotopic (exact) mass is 350 g/mol. The number of ether oxygens (including phenoxy) is 2. The molecule has 1 aromatic heterocycles. The van der Waals surface area contributed by atoms with Crippen LogP contribution in [0.5, 0.6) is 11.5 Å². The van der Waals surface area contributed by atoms with E-state index in [1.807, 2.05) is 0 Å². The fraction of sp³-hybridized carbons (Fsp3) is 0.143. The van der Waals surface area contributed by atoms with Crippen LogP contribution in [0.4, 0.5) is 5.69 Å². The van der Waals surface area contributed by atoms with E-state index in [9.17, 15) is 9.59 Å². The zero-order valence-corrected chi connectivity index (χ0v) is 12.4. The number of pyridine rings is 1. The summed E-state index contributed by atoms with van der Waals surface area (Å²) < 4.78 is 11.6. The maximum absolute atomic E-state index is 12.1. The number of hydrogen-bond acceptors (Lipinski definition) is 4. The molecule has 0 fully saturated rings.